The van der Waals surface area contributed by atoms with Crippen molar-refractivity contribution >= 4 is 41.5 Å². The Morgan fingerprint density at radius 1 is 1.26 bits per heavy atom. The second-order valence-electron chi connectivity index (χ2n) is 4.54. The molecule has 1 aliphatic rings. The molecule has 1 heterocycles. The number of nitrogens with two attached hydrogens (primary N) is 1. The van der Waals surface area contributed by atoms with Gasteiger partial charge in [0.25, 0.3) is 0 Å². The van der Waals surface area contributed by atoms with Crippen molar-refractivity contribution in [3.05, 3.63) is 29.6 Å². The number of nitrogens with zero attached hydrogens (tertiary/aromatic N) is 2. The van der Waals surface area contributed by atoms with Gasteiger partial charge in [0, 0.05) is 13.1 Å². The van der Waals surface area contributed by atoms with Crippen LogP contribution in [0.3, 0.4) is 0 Å². The number of aliphatic imine (C=N–C) groups is 1. The summed E-state index contributed by atoms with van der Waals surface area (Å²) in [5.74, 6) is -4.96. The average molecular weight is 444 g/mol. The number of morpholine rings is 1. The second kappa shape index (κ2) is 8.91. The second-order valence-corrected chi connectivity index (χ2v) is 4.54. The number of hydrogen-bond donors (Lipinski definition) is 2. The van der Waals surface area contributed by atoms with Crippen LogP contribution in [-0.4, -0.2) is 49.6 Å². The van der Waals surface area contributed by atoms with Crippen molar-refractivity contribution in [3.63, 3.8) is 0 Å². The number of amides is 1. The Hall–Kier alpha value is -1.56. The summed E-state index contributed by atoms with van der Waals surface area (Å²) >= 11 is 0. The lowest BCUT2D eigenvalue weighted by atomic mass is 10.3. The first-order chi connectivity index (χ1) is 10.5. The molecule has 1 aromatic rings. The third kappa shape index (κ3) is 5.23. The summed E-state index contributed by atoms with van der Waals surface area (Å²) in [6.07, 6.45) is 0. The number of benzene rings is 1. The zero-order valence-electron chi connectivity index (χ0n) is 12.0. The monoisotopic (exact) mass is 444 g/mol. The summed E-state index contributed by atoms with van der Waals surface area (Å²) in [6.45, 7) is 1.80. The molecule has 10 heteroatoms. The molecule has 1 aromatic carbocycles. The Kier molecular flexibility index (Phi) is 7.55. The van der Waals surface area contributed by atoms with Crippen LogP contribution in [0, 0.1) is 17.5 Å². The van der Waals surface area contributed by atoms with E-state index in [1.54, 1.807) is 4.90 Å². The molecule has 0 aliphatic carbocycles. The smallest absolute Gasteiger partial charge is 0.246 e. The number of carbonyl (C=O) groups excluding carboxylic acids is 1. The molecule has 0 atom stereocenters. The van der Waals surface area contributed by atoms with Gasteiger partial charge in [-0.05, 0) is 12.1 Å². The Bertz CT molecular complexity index is 595. The zero-order chi connectivity index (χ0) is 16.1. The van der Waals surface area contributed by atoms with E-state index in [0.29, 0.717) is 26.3 Å². The highest BCUT2D eigenvalue weighted by molar-refractivity contribution is 14.0. The summed E-state index contributed by atoms with van der Waals surface area (Å²) in [7, 11) is 0. The van der Waals surface area contributed by atoms with Crippen LogP contribution in [0.1, 0.15) is 0 Å². The van der Waals surface area contributed by atoms with E-state index in [-0.39, 0.29) is 36.5 Å². The predicted molar refractivity (Wildman–Crippen MR) is 89.2 cm³/mol. The normalized spacial score (nSPS) is 15.1. The van der Waals surface area contributed by atoms with E-state index >= 15 is 0 Å². The molecule has 0 saturated carbocycles. The first-order valence-electron chi connectivity index (χ1n) is 6.55. The van der Waals surface area contributed by atoms with E-state index in [9.17, 15) is 18.0 Å². The van der Waals surface area contributed by atoms with Gasteiger partial charge in [0.1, 0.15) is 6.54 Å². The van der Waals surface area contributed by atoms with Crippen LogP contribution >= 0.6 is 24.0 Å². The Balaban J connectivity index is 0.00000264. The summed E-state index contributed by atoms with van der Waals surface area (Å²) in [5.41, 5.74) is 5.27. The van der Waals surface area contributed by atoms with Crippen LogP contribution in [0.5, 0.6) is 0 Å². The molecule has 2 rings (SSSR count). The number of guanidine groups is 1. The zero-order valence-corrected chi connectivity index (χ0v) is 14.4. The largest absolute Gasteiger partial charge is 0.378 e. The fraction of sp³-hybridized carbons (Fsp3) is 0.385. The summed E-state index contributed by atoms with van der Waals surface area (Å²) in [6, 6.07) is 1.65. The molecule has 1 saturated heterocycles. The van der Waals surface area contributed by atoms with Crippen molar-refractivity contribution < 1.29 is 22.7 Å². The van der Waals surface area contributed by atoms with Gasteiger partial charge in [0.15, 0.2) is 23.4 Å². The van der Waals surface area contributed by atoms with Gasteiger partial charge in [-0.15, -0.1) is 24.0 Å². The molecule has 6 nitrogen and oxygen atoms in total. The molecule has 0 unspecified atom stereocenters. The Morgan fingerprint density at radius 2 is 1.91 bits per heavy atom. The van der Waals surface area contributed by atoms with Crippen LogP contribution < -0.4 is 11.1 Å². The van der Waals surface area contributed by atoms with Gasteiger partial charge in [-0.3, -0.25) is 4.79 Å². The summed E-state index contributed by atoms with van der Waals surface area (Å²) < 4.78 is 44.4. The molecular weight excluding hydrogens is 428 g/mol. The maximum atomic E-state index is 13.4. The fourth-order valence-electron chi connectivity index (χ4n) is 1.86. The lowest BCUT2D eigenvalue weighted by Gasteiger charge is -2.27. The summed E-state index contributed by atoms with van der Waals surface area (Å²) in [5, 5.41) is 2.11. The SMILES string of the molecule is I.NC(=NCC(=O)Nc1ccc(F)c(F)c1F)N1CCOCC1. The molecule has 1 amide bonds. The van der Waals surface area contributed by atoms with E-state index in [2.05, 4.69) is 10.3 Å². The summed E-state index contributed by atoms with van der Waals surface area (Å²) in [4.78, 5) is 17.3. The number of anilines is 1. The average Bonchev–Trinajstić information content (AvgIpc) is 2.54. The third-order valence-electron chi connectivity index (χ3n) is 3.03. The van der Waals surface area contributed by atoms with Crippen molar-refractivity contribution in [2.75, 3.05) is 38.2 Å². The number of hydrogen-bond acceptors (Lipinski definition) is 3. The van der Waals surface area contributed by atoms with Crippen molar-refractivity contribution in [2.45, 2.75) is 0 Å². The lowest BCUT2D eigenvalue weighted by Crippen LogP contribution is -2.45. The quantitative estimate of drug-likeness (QED) is 0.319. The van der Waals surface area contributed by atoms with Gasteiger partial charge < -0.3 is 20.7 Å². The van der Waals surface area contributed by atoms with Crippen molar-refractivity contribution in [2.24, 2.45) is 10.7 Å². The highest BCUT2D eigenvalue weighted by Gasteiger charge is 2.16. The van der Waals surface area contributed by atoms with E-state index in [1.165, 1.54) is 0 Å². The minimum absolute atomic E-state index is 0. The number of rotatable bonds is 3. The van der Waals surface area contributed by atoms with Crippen LogP contribution in [0.4, 0.5) is 18.9 Å². The van der Waals surface area contributed by atoms with Crippen molar-refractivity contribution in [3.8, 4) is 0 Å². The van der Waals surface area contributed by atoms with Crippen molar-refractivity contribution in [1.29, 1.82) is 0 Å². The highest BCUT2D eigenvalue weighted by Crippen LogP contribution is 2.19. The highest BCUT2D eigenvalue weighted by atomic mass is 127. The maximum absolute atomic E-state index is 13.4. The molecule has 3 N–H and O–H groups in total. The van der Waals surface area contributed by atoms with Gasteiger partial charge >= 0.3 is 0 Å². The molecule has 0 radical (unpaired) electrons. The third-order valence-corrected chi connectivity index (χ3v) is 3.03. The van der Waals surface area contributed by atoms with Crippen LogP contribution in [0.15, 0.2) is 17.1 Å². The van der Waals surface area contributed by atoms with Crippen LogP contribution in [0.2, 0.25) is 0 Å². The van der Waals surface area contributed by atoms with Crippen molar-refractivity contribution in [1.82, 2.24) is 4.90 Å². The van der Waals surface area contributed by atoms with Gasteiger partial charge in [0.2, 0.25) is 5.91 Å². The first kappa shape index (κ1) is 19.5. The topological polar surface area (TPSA) is 79.9 Å². The molecule has 0 bridgehead atoms. The molecular formula is C13H16F3IN4O2. The Morgan fingerprint density at radius 3 is 2.57 bits per heavy atom. The molecule has 0 aromatic heterocycles. The number of halogens is 4. The van der Waals surface area contributed by atoms with E-state index in [4.69, 9.17) is 10.5 Å². The van der Waals surface area contributed by atoms with Gasteiger partial charge in [-0.25, -0.2) is 18.2 Å². The number of carbonyl (C=O) groups is 1. The van der Waals surface area contributed by atoms with E-state index in [0.717, 1.165) is 12.1 Å². The molecule has 1 fully saturated rings. The Labute approximate surface area is 147 Å². The maximum Gasteiger partial charge on any atom is 0.246 e. The van der Waals surface area contributed by atoms with E-state index < -0.39 is 29.0 Å². The number of ether oxygens (including phenoxy) is 1. The first-order valence-corrected chi connectivity index (χ1v) is 6.55. The van der Waals surface area contributed by atoms with Gasteiger partial charge in [-0.1, -0.05) is 0 Å². The fourth-order valence-corrected chi connectivity index (χ4v) is 1.86. The van der Waals surface area contributed by atoms with Gasteiger partial charge in [-0.2, -0.15) is 0 Å². The van der Waals surface area contributed by atoms with E-state index in [1.807, 2.05) is 0 Å². The van der Waals surface area contributed by atoms with Crippen LogP contribution in [-0.2, 0) is 9.53 Å². The lowest BCUT2D eigenvalue weighted by molar-refractivity contribution is -0.114. The predicted octanol–water partition coefficient (Wildman–Crippen LogP) is 1.31. The van der Waals surface area contributed by atoms with Gasteiger partial charge in [0.05, 0.1) is 18.9 Å². The molecule has 128 valence electrons. The van der Waals surface area contributed by atoms with Crippen LogP contribution in [0.25, 0.3) is 0 Å². The minimum Gasteiger partial charge on any atom is -0.378 e. The molecule has 23 heavy (non-hydrogen) atoms. The molecule has 0 spiro atoms. The minimum atomic E-state index is -1.64. The number of nitrogens with one attached hydrogen (secondary N) is 1. The molecule has 1 aliphatic heterocycles. The standard InChI is InChI=1S/C13H15F3N4O2.HI/c14-8-1-2-9(12(16)11(8)15)19-10(21)7-18-13(17)20-3-5-22-6-4-20;/h1-2H,3-7H2,(H2,17,18)(H,19,21);1H.